The summed E-state index contributed by atoms with van der Waals surface area (Å²) in [5, 5.41) is 12.0. The summed E-state index contributed by atoms with van der Waals surface area (Å²) < 4.78 is 33.0. The number of sulfonamides is 1. The number of rotatable bonds is 5. The third kappa shape index (κ3) is 3.64. The van der Waals surface area contributed by atoms with Crippen LogP contribution < -0.4 is 10.0 Å². The Hall–Kier alpha value is -2.21. The van der Waals surface area contributed by atoms with Crippen LogP contribution in [0.2, 0.25) is 5.02 Å². The van der Waals surface area contributed by atoms with Crippen molar-refractivity contribution >= 4 is 33.2 Å². The Labute approximate surface area is 144 Å². The highest BCUT2D eigenvalue weighted by Gasteiger charge is 2.28. The first-order chi connectivity index (χ1) is 11.5. The number of likely N-dealkylation sites (tertiary alicyclic amines) is 1. The molecule has 3 rings (SSSR count). The fraction of sp³-hybridized carbons (Fsp3) is 0.267. The Bertz CT molecular complexity index is 861. The molecule has 0 amide bonds. The summed E-state index contributed by atoms with van der Waals surface area (Å²) >= 11 is 6.07. The lowest BCUT2D eigenvalue weighted by Gasteiger charge is -2.14. The van der Waals surface area contributed by atoms with Gasteiger partial charge in [-0.1, -0.05) is 11.6 Å². The number of hydrogen-bond acceptors (Lipinski definition) is 6. The number of furan rings is 1. The van der Waals surface area contributed by atoms with Crippen molar-refractivity contribution < 1.29 is 12.8 Å². The molecule has 2 N–H and O–H groups in total. The second kappa shape index (κ2) is 6.73. The average Bonchev–Trinajstić information content (AvgIpc) is 3.20. The second-order valence-electron chi connectivity index (χ2n) is 5.40. The van der Waals surface area contributed by atoms with Gasteiger partial charge in [0.25, 0.3) is 0 Å². The van der Waals surface area contributed by atoms with Crippen LogP contribution in [0.15, 0.2) is 45.9 Å². The number of hydrogen-bond donors (Lipinski definition) is 2. The molecule has 1 fully saturated rings. The summed E-state index contributed by atoms with van der Waals surface area (Å²) in [5.74, 6) is 0.495. The van der Waals surface area contributed by atoms with Crippen LogP contribution in [0.1, 0.15) is 6.42 Å². The molecule has 1 aliphatic rings. The van der Waals surface area contributed by atoms with Gasteiger partial charge in [-0.05, 0) is 30.7 Å². The number of benzene rings is 1. The van der Waals surface area contributed by atoms with Crippen molar-refractivity contribution in [3.63, 3.8) is 0 Å². The van der Waals surface area contributed by atoms with Gasteiger partial charge < -0.3 is 14.6 Å². The van der Waals surface area contributed by atoms with Crippen molar-refractivity contribution in [1.82, 2.24) is 9.62 Å². The summed E-state index contributed by atoms with van der Waals surface area (Å²) in [4.78, 5) is 1.50. The number of anilines is 2. The van der Waals surface area contributed by atoms with Crippen LogP contribution in [0, 0.1) is 11.5 Å². The summed E-state index contributed by atoms with van der Waals surface area (Å²) in [6.07, 6.45) is 4.11. The molecule has 0 aliphatic carbocycles. The Morgan fingerprint density at radius 2 is 2.21 bits per heavy atom. The monoisotopic (exact) mass is 366 g/mol. The quantitative estimate of drug-likeness (QED) is 0.789. The standard InChI is InChI=1S/C15H15ClN4O3S/c16-13-4-3-11(18-15-2-1-7-23-15)8-14(13)24(21,22)19-12-5-6-20(9-12)10-17/h1-4,7-8,12,18-19H,5-6,9H2/t12-/m1/s1. The highest BCUT2D eigenvalue weighted by molar-refractivity contribution is 7.89. The van der Waals surface area contributed by atoms with E-state index in [2.05, 4.69) is 10.0 Å². The molecule has 7 nitrogen and oxygen atoms in total. The first-order valence-electron chi connectivity index (χ1n) is 7.25. The summed E-state index contributed by atoms with van der Waals surface area (Å²) in [5.41, 5.74) is 0.541. The molecule has 9 heteroatoms. The van der Waals surface area contributed by atoms with E-state index < -0.39 is 10.0 Å². The fourth-order valence-corrected chi connectivity index (χ4v) is 4.30. The maximum Gasteiger partial charge on any atom is 0.242 e. The molecular formula is C15H15ClN4O3S. The molecule has 1 saturated heterocycles. The van der Waals surface area contributed by atoms with Gasteiger partial charge in [-0.25, -0.2) is 13.1 Å². The maximum absolute atomic E-state index is 12.6. The van der Waals surface area contributed by atoms with Crippen LogP contribution in [0.3, 0.4) is 0 Å². The number of halogens is 1. The summed E-state index contributed by atoms with van der Waals surface area (Å²) in [7, 11) is -3.80. The predicted octanol–water partition coefficient (Wildman–Crippen LogP) is 2.51. The van der Waals surface area contributed by atoms with Gasteiger partial charge in [0.15, 0.2) is 12.1 Å². The maximum atomic E-state index is 12.6. The summed E-state index contributed by atoms with van der Waals surface area (Å²) in [6.45, 7) is 0.898. The lowest BCUT2D eigenvalue weighted by molar-refractivity contribution is 0.470. The van der Waals surface area contributed by atoms with E-state index >= 15 is 0 Å². The Kier molecular flexibility index (Phi) is 4.66. The van der Waals surface area contributed by atoms with Crippen LogP contribution in [0.25, 0.3) is 0 Å². The molecule has 126 valence electrons. The van der Waals surface area contributed by atoms with E-state index in [0.29, 0.717) is 31.1 Å². The molecule has 1 aromatic carbocycles. The fourth-order valence-electron chi connectivity index (χ4n) is 2.51. The van der Waals surface area contributed by atoms with E-state index in [4.69, 9.17) is 21.3 Å². The molecule has 2 aromatic rings. The molecular weight excluding hydrogens is 352 g/mol. The number of nitrogens with zero attached hydrogens (tertiary/aromatic N) is 2. The second-order valence-corrected chi connectivity index (χ2v) is 7.49. The SMILES string of the molecule is N#CN1CC[C@@H](NS(=O)(=O)c2cc(Nc3ccco3)ccc2Cl)C1. The van der Waals surface area contributed by atoms with Gasteiger partial charge in [-0.2, -0.15) is 5.26 Å². The first kappa shape index (κ1) is 16.6. The minimum Gasteiger partial charge on any atom is -0.449 e. The highest BCUT2D eigenvalue weighted by atomic mass is 35.5. The molecule has 1 atom stereocenters. The van der Waals surface area contributed by atoms with Gasteiger partial charge in [-0.3, -0.25) is 0 Å². The molecule has 24 heavy (non-hydrogen) atoms. The van der Waals surface area contributed by atoms with Crippen molar-refractivity contribution in [2.75, 3.05) is 18.4 Å². The van der Waals surface area contributed by atoms with Crippen LogP contribution in [0.5, 0.6) is 0 Å². The Balaban J connectivity index is 1.80. The largest absolute Gasteiger partial charge is 0.449 e. The molecule has 0 saturated carbocycles. The van der Waals surface area contributed by atoms with Crippen molar-refractivity contribution in [3.05, 3.63) is 41.6 Å². The van der Waals surface area contributed by atoms with E-state index in [1.807, 2.05) is 6.19 Å². The Morgan fingerprint density at radius 3 is 2.88 bits per heavy atom. The van der Waals surface area contributed by atoms with Crippen molar-refractivity contribution in [2.45, 2.75) is 17.4 Å². The van der Waals surface area contributed by atoms with Crippen molar-refractivity contribution in [1.29, 1.82) is 5.26 Å². The van der Waals surface area contributed by atoms with Gasteiger partial charge in [0.05, 0.1) is 11.3 Å². The van der Waals surface area contributed by atoms with Gasteiger partial charge in [0.1, 0.15) is 4.90 Å². The predicted molar refractivity (Wildman–Crippen MR) is 89.4 cm³/mol. The molecule has 2 heterocycles. The van der Waals surface area contributed by atoms with E-state index in [9.17, 15) is 8.42 Å². The van der Waals surface area contributed by atoms with Crippen LogP contribution >= 0.6 is 11.6 Å². The highest BCUT2D eigenvalue weighted by Crippen LogP contribution is 2.27. The Morgan fingerprint density at radius 1 is 1.38 bits per heavy atom. The zero-order valence-corrected chi connectivity index (χ0v) is 14.1. The third-order valence-corrected chi connectivity index (χ3v) is 5.66. The molecule has 0 radical (unpaired) electrons. The molecule has 0 bridgehead atoms. The van der Waals surface area contributed by atoms with Crippen LogP contribution in [-0.2, 0) is 10.0 Å². The zero-order chi connectivity index (χ0) is 17.2. The van der Waals surface area contributed by atoms with Crippen LogP contribution in [0.4, 0.5) is 11.6 Å². The van der Waals surface area contributed by atoms with E-state index in [1.165, 1.54) is 23.3 Å². The van der Waals surface area contributed by atoms with Gasteiger partial charge in [0, 0.05) is 30.9 Å². The normalized spacial score (nSPS) is 17.7. The molecule has 1 aliphatic heterocycles. The average molecular weight is 367 g/mol. The molecule has 0 spiro atoms. The molecule has 1 aromatic heterocycles. The van der Waals surface area contributed by atoms with E-state index in [0.717, 1.165) is 0 Å². The van der Waals surface area contributed by atoms with Crippen molar-refractivity contribution in [2.24, 2.45) is 0 Å². The summed E-state index contributed by atoms with van der Waals surface area (Å²) in [6, 6.07) is 7.75. The topological polar surface area (TPSA) is 98.4 Å². The molecule has 0 unspecified atom stereocenters. The number of nitriles is 1. The lowest BCUT2D eigenvalue weighted by atomic mass is 10.3. The van der Waals surface area contributed by atoms with Crippen molar-refractivity contribution in [3.8, 4) is 6.19 Å². The van der Waals surface area contributed by atoms with Gasteiger partial charge in [0.2, 0.25) is 10.0 Å². The smallest absolute Gasteiger partial charge is 0.242 e. The van der Waals surface area contributed by atoms with E-state index in [-0.39, 0.29) is 16.0 Å². The zero-order valence-electron chi connectivity index (χ0n) is 12.6. The van der Waals surface area contributed by atoms with E-state index in [1.54, 1.807) is 18.2 Å². The van der Waals surface area contributed by atoms with Gasteiger partial charge >= 0.3 is 0 Å². The van der Waals surface area contributed by atoms with Crippen LogP contribution in [-0.4, -0.2) is 32.4 Å². The lowest BCUT2D eigenvalue weighted by Crippen LogP contribution is -2.36. The number of nitrogens with one attached hydrogen (secondary N) is 2. The van der Waals surface area contributed by atoms with Gasteiger partial charge in [-0.15, -0.1) is 0 Å². The minimum atomic E-state index is -3.80. The minimum absolute atomic E-state index is 0.0175. The first-order valence-corrected chi connectivity index (χ1v) is 9.11. The third-order valence-electron chi connectivity index (χ3n) is 3.66.